The first-order chi connectivity index (χ1) is 8.81. The van der Waals surface area contributed by atoms with Crippen molar-refractivity contribution in [2.45, 2.75) is 31.4 Å². The lowest BCUT2D eigenvalue weighted by molar-refractivity contribution is 0.0957. The molecule has 3 nitrogen and oxygen atoms in total. The van der Waals surface area contributed by atoms with Crippen molar-refractivity contribution in [3.8, 4) is 6.07 Å². The molecule has 0 atom stereocenters. The summed E-state index contributed by atoms with van der Waals surface area (Å²) < 4.78 is 0. The van der Waals surface area contributed by atoms with Crippen LogP contribution in [0.1, 0.15) is 39.4 Å². The summed E-state index contributed by atoms with van der Waals surface area (Å²) in [5.41, 5.74) is 1.34. The van der Waals surface area contributed by atoms with Gasteiger partial charge in [0.25, 0.3) is 5.91 Å². The predicted molar refractivity (Wildman–Crippen MR) is 76.0 cm³/mol. The number of carbonyl (C=O) groups excluding carboxylic acids is 1. The van der Waals surface area contributed by atoms with Gasteiger partial charge in [0.05, 0.1) is 10.9 Å². The van der Waals surface area contributed by atoms with Crippen molar-refractivity contribution >= 4 is 29.0 Å². The number of unbranched alkanes of at least 4 members (excludes halogenated alkanes) is 2. The fraction of sp³-hybridized carbons (Fsp3) is 0.538. The molecule has 0 saturated carbocycles. The molecule has 1 aromatic rings. The SMILES string of the molecule is N#CCCCCNC(=O)c1cc2c(s1)CCSC2. The average Bonchev–Trinajstić information content (AvgIpc) is 2.82. The van der Waals surface area contributed by atoms with E-state index in [0.717, 1.165) is 29.9 Å². The minimum Gasteiger partial charge on any atom is -0.351 e. The van der Waals surface area contributed by atoms with Crippen LogP contribution in [0.5, 0.6) is 0 Å². The van der Waals surface area contributed by atoms with Crippen molar-refractivity contribution in [1.29, 1.82) is 5.26 Å². The molecule has 1 amide bonds. The Morgan fingerprint density at radius 2 is 2.39 bits per heavy atom. The molecular formula is C13H16N2OS2. The third-order valence-electron chi connectivity index (χ3n) is 2.85. The van der Waals surface area contributed by atoms with Crippen LogP contribution in [0.3, 0.4) is 0 Å². The molecule has 1 N–H and O–H groups in total. The number of aryl methyl sites for hydroxylation is 1. The third kappa shape index (κ3) is 3.50. The molecule has 0 bridgehead atoms. The Morgan fingerprint density at radius 1 is 1.50 bits per heavy atom. The molecule has 18 heavy (non-hydrogen) atoms. The molecule has 1 aliphatic rings. The van der Waals surface area contributed by atoms with Gasteiger partial charge in [-0.2, -0.15) is 17.0 Å². The van der Waals surface area contributed by atoms with Crippen LogP contribution in [-0.2, 0) is 12.2 Å². The lowest BCUT2D eigenvalue weighted by Crippen LogP contribution is -2.23. The summed E-state index contributed by atoms with van der Waals surface area (Å²) in [5.74, 6) is 2.25. The highest BCUT2D eigenvalue weighted by atomic mass is 32.2. The normalized spacial score (nSPS) is 13.7. The van der Waals surface area contributed by atoms with Crippen LogP contribution in [0.2, 0.25) is 0 Å². The van der Waals surface area contributed by atoms with E-state index in [1.54, 1.807) is 11.3 Å². The Morgan fingerprint density at radius 3 is 3.17 bits per heavy atom. The molecule has 0 spiro atoms. The Bertz CT molecular complexity index is 439. The predicted octanol–water partition coefficient (Wildman–Crippen LogP) is 2.96. The van der Waals surface area contributed by atoms with E-state index in [0.29, 0.717) is 13.0 Å². The lowest BCUT2D eigenvalue weighted by Gasteiger charge is -2.08. The van der Waals surface area contributed by atoms with Gasteiger partial charge in [-0.15, -0.1) is 11.3 Å². The number of hydrogen-bond acceptors (Lipinski definition) is 4. The van der Waals surface area contributed by atoms with Crippen LogP contribution < -0.4 is 5.32 Å². The summed E-state index contributed by atoms with van der Waals surface area (Å²) in [5, 5.41) is 11.3. The smallest absolute Gasteiger partial charge is 0.261 e. The second-order valence-corrected chi connectivity index (χ2v) is 6.47. The molecule has 1 aromatic heterocycles. The van der Waals surface area contributed by atoms with Crippen LogP contribution in [0.15, 0.2) is 6.07 Å². The lowest BCUT2D eigenvalue weighted by atomic mass is 10.2. The first kappa shape index (κ1) is 13.4. The average molecular weight is 280 g/mol. The van der Waals surface area contributed by atoms with Crippen LogP contribution in [-0.4, -0.2) is 18.2 Å². The van der Waals surface area contributed by atoms with Gasteiger partial charge in [-0.3, -0.25) is 4.79 Å². The van der Waals surface area contributed by atoms with Crippen molar-refractivity contribution in [2.24, 2.45) is 0 Å². The van der Waals surface area contributed by atoms with Gasteiger partial charge in [0, 0.05) is 23.6 Å². The number of nitrogens with one attached hydrogen (secondary N) is 1. The molecule has 0 aliphatic carbocycles. The van der Waals surface area contributed by atoms with Gasteiger partial charge in [-0.1, -0.05) is 0 Å². The minimum atomic E-state index is 0.0383. The molecule has 2 heterocycles. The number of thiophene rings is 1. The standard InChI is InChI=1S/C13H16N2OS2/c14-5-2-1-3-6-15-13(16)12-8-10-9-17-7-4-11(10)18-12/h8H,1-4,6-7,9H2,(H,15,16). The monoisotopic (exact) mass is 280 g/mol. The number of thioether (sulfide) groups is 1. The maximum Gasteiger partial charge on any atom is 0.261 e. The highest BCUT2D eigenvalue weighted by Gasteiger charge is 2.16. The molecule has 2 rings (SSSR count). The zero-order valence-corrected chi connectivity index (χ0v) is 11.8. The molecule has 0 fully saturated rings. The Labute approximate surface area is 116 Å². The second-order valence-electron chi connectivity index (χ2n) is 4.23. The summed E-state index contributed by atoms with van der Waals surface area (Å²) in [7, 11) is 0. The van der Waals surface area contributed by atoms with E-state index < -0.39 is 0 Å². The summed E-state index contributed by atoms with van der Waals surface area (Å²) in [6.07, 6.45) is 3.40. The highest BCUT2D eigenvalue weighted by Crippen LogP contribution is 2.31. The second kappa shape index (κ2) is 6.81. The van der Waals surface area contributed by atoms with E-state index in [-0.39, 0.29) is 5.91 Å². The molecule has 5 heteroatoms. The van der Waals surface area contributed by atoms with Gasteiger partial charge in [0.15, 0.2) is 0 Å². The van der Waals surface area contributed by atoms with E-state index in [1.165, 1.54) is 16.2 Å². The molecule has 0 radical (unpaired) electrons. The number of fused-ring (bicyclic) bond motifs is 1. The van der Waals surface area contributed by atoms with Crippen molar-refractivity contribution in [3.63, 3.8) is 0 Å². The van der Waals surface area contributed by atoms with E-state index in [9.17, 15) is 4.79 Å². The Kier molecular flexibility index (Phi) is 5.09. The van der Waals surface area contributed by atoms with Crippen LogP contribution in [0.25, 0.3) is 0 Å². The molecular weight excluding hydrogens is 264 g/mol. The topological polar surface area (TPSA) is 52.9 Å². The number of nitriles is 1. The number of rotatable bonds is 5. The first-order valence-electron chi connectivity index (χ1n) is 6.15. The van der Waals surface area contributed by atoms with Crippen molar-refractivity contribution < 1.29 is 4.79 Å². The number of hydrogen-bond donors (Lipinski definition) is 1. The zero-order chi connectivity index (χ0) is 12.8. The van der Waals surface area contributed by atoms with Crippen LogP contribution >= 0.6 is 23.1 Å². The molecule has 1 aliphatic heterocycles. The van der Waals surface area contributed by atoms with Crippen molar-refractivity contribution in [1.82, 2.24) is 5.32 Å². The largest absolute Gasteiger partial charge is 0.351 e. The minimum absolute atomic E-state index is 0.0383. The number of nitrogens with zero attached hydrogens (tertiary/aromatic N) is 1. The first-order valence-corrected chi connectivity index (χ1v) is 8.13. The van der Waals surface area contributed by atoms with Crippen LogP contribution in [0, 0.1) is 11.3 Å². The van der Waals surface area contributed by atoms with Gasteiger partial charge in [-0.05, 0) is 36.6 Å². The summed E-state index contributed by atoms with van der Waals surface area (Å²) in [6.45, 7) is 0.665. The summed E-state index contributed by atoms with van der Waals surface area (Å²) in [4.78, 5) is 14.1. The summed E-state index contributed by atoms with van der Waals surface area (Å²) in [6, 6.07) is 4.15. The molecule has 0 aromatic carbocycles. The van der Waals surface area contributed by atoms with Crippen molar-refractivity contribution in [2.75, 3.05) is 12.3 Å². The van der Waals surface area contributed by atoms with E-state index in [1.807, 2.05) is 17.8 Å². The third-order valence-corrected chi connectivity index (χ3v) is 5.10. The Balaban J connectivity index is 1.82. The zero-order valence-electron chi connectivity index (χ0n) is 10.2. The maximum absolute atomic E-state index is 11.9. The van der Waals surface area contributed by atoms with Gasteiger partial charge in [0.2, 0.25) is 0 Å². The van der Waals surface area contributed by atoms with Gasteiger partial charge in [-0.25, -0.2) is 0 Å². The molecule has 0 unspecified atom stereocenters. The van der Waals surface area contributed by atoms with Crippen molar-refractivity contribution in [3.05, 3.63) is 21.4 Å². The fourth-order valence-corrected chi connectivity index (χ4v) is 4.17. The van der Waals surface area contributed by atoms with Gasteiger partial charge >= 0.3 is 0 Å². The van der Waals surface area contributed by atoms with Gasteiger partial charge in [0.1, 0.15) is 0 Å². The quantitative estimate of drug-likeness (QED) is 0.844. The highest BCUT2D eigenvalue weighted by molar-refractivity contribution is 7.98. The summed E-state index contributed by atoms with van der Waals surface area (Å²) >= 11 is 3.57. The van der Waals surface area contributed by atoms with Crippen LogP contribution in [0.4, 0.5) is 0 Å². The van der Waals surface area contributed by atoms with E-state index >= 15 is 0 Å². The molecule has 0 saturated heterocycles. The van der Waals surface area contributed by atoms with E-state index in [4.69, 9.17) is 5.26 Å². The Hall–Kier alpha value is -0.990. The number of carbonyl (C=O) groups is 1. The van der Waals surface area contributed by atoms with E-state index in [2.05, 4.69) is 11.4 Å². The molecule has 96 valence electrons. The van der Waals surface area contributed by atoms with Gasteiger partial charge < -0.3 is 5.32 Å². The number of amides is 1. The fourth-order valence-electron chi connectivity index (χ4n) is 1.88. The maximum atomic E-state index is 11.9.